The van der Waals surface area contributed by atoms with Crippen LogP contribution in [0.15, 0.2) is 66.7 Å². The number of piperazine rings is 1. The minimum Gasteiger partial charge on any atom is -0.495 e. The van der Waals surface area contributed by atoms with Crippen LogP contribution in [0.4, 0.5) is 5.69 Å². The second-order valence-electron chi connectivity index (χ2n) is 8.15. The number of carbonyl (C=O) groups is 2. The Hall–Kier alpha value is -3.58. The van der Waals surface area contributed by atoms with Crippen LogP contribution in [0.2, 0.25) is 0 Å². The van der Waals surface area contributed by atoms with Crippen LogP contribution in [-0.4, -0.2) is 67.8 Å². The molecule has 1 saturated heterocycles. The number of ether oxygens (including phenoxy) is 1. The van der Waals surface area contributed by atoms with Crippen molar-refractivity contribution < 1.29 is 19.4 Å². The average molecular weight is 448 g/mol. The zero-order valence-corrected chi connectivity index (χ0v) is 18.7. The summed E-state index contributed by atoms with van der Waals surface area (Å²) in [5, 5.41) is 14.7. The highest BCUT2D eigenvalue weighted by Crippen LogP contribution is 2.28. The summed E-state index contributed by atoms with van der Waals surface area (Å²) in [6.07, 6.45) is 0.149. The molecule has 3 aromatic rings. The molecule has 1 heterocycles. The van der Waals surface area contributed by atoms with Gasteiger partial charge in [-0.2, -0.15) is 0 Å². The number of methoxy groups -OCH3 is 1. The van der Waals surface area contributed by atoms with Gasteiger partial charge in [0, 0.05) is 26.2 Å². The lowest BCUT2D eigenvalue weighted by atomic mass is 10.0. The van der Waals surface area contributed by atoms with Gasteiger partial charge in [0.15, 0.2) is 0 Å². The van der Waals surface area contributed by atoms with Gasteiger partial charge in [0.2, 0.25) is 11.8 Å². The van der Waals surface area contributed by atoms with E-state index in [9.17, 15) is 14.7 Å². The number of hydrogen-bond acceptors (Lipinski definition) is 5. The maximum atomic E-state index is 13.0. The van der Waals surface area contributed by atoms with Gasteiger partial charge in [-0.15, -0.1) is 0 Å². The molecular formula is C26H29N3O4. The molecule has 1 atom stereocenters. The lowest BCUT2D eigenvalue weighted by molar-refractivity contribution is -0.137. The molecular weight excluding hydrogens is 418 g/mol. The standard InChI is InChI=1S/C26H29N3O4/c1-33-24-9-5-4-8-23(24)28-12-14-29(15-13-28)26(32)22(18-30)27-25(31)17-19-10-11-20-6-2-3-7-21(20)16-19/h2-11,16,22,30H,12-15,17-18H2,1H3,(H,27,31)/t22-/m0/s1. The Morgan fingerprint density at radius 3 is 2.39 bits per heavy atom. The van der Waals surface area contributed by atoms with E-state index in [2.05, 4.69) is 10.2 Å². The van der Waals surface area contributed by atoms with E-state index in [1.807, 2.05) is 66.7 Å². The van der Waals surface area contributed by atoms with E-state index >= 15 is 0 Å². The van der Waals surface area contributed by atoms with Gasteiger partial charge < -0.3 is 25.0 Å². The second-order valence-corrected chi connectivity index (χ2v) is 8.15. The number of para-hydroxylation sites is 2. The normalized spacial score (nSPS) is 14.7. The Labute approximate surface area is 193 Å². The minimum atomic E-state index is -0.948. The van der Waals surface area contributed by atoms with E-state index in [1.54, 1.807) is 12.0 Å². The van der Waals surface area contributed by atoms with Crippen molar-refractivity contribution in [1.29, 1.82) is 0 Å². The highest BCUT2D eigenvalue weighted by atomic mass is 16.5. The summed E-state index contributed by atoms with van der Waals surface area (Å²) in [5.41, 5.74) is 1.86. The Bertz CT molecular complexity index is 1130. The molecule has 33 heavy (non-hydrogen) atoms. The molecule has 1 aliphatic heterocycles. The Kier molecular flexibility index (Phi) is 7.10. The fraction of sp³-hybridized carbons (Fsp3) is 0.308. The van der Waals surface area contributed by atoms with Crippen molar-refractivity contribution in [2.75, 3.05) is 44.8 Å². The van der Waals surface area contributed by atoms with Gasteiger partial charge in [-0.25, -0.2) is 0 Å². The first-order valence-corrected chi connectivity index (χ1v) is 11.1. The third kappa shape index (κ3) is 5.26. The minimum absolute atomic E-state index is 0.149. The van der Waals surface area contributed by atoms with Gasteiger partial charge in [-0.05, 0) is 28.5 Å². The number of carbonyl (C=O) groups excluding carboxylic acids is 2. The molecule has 0 bridgehead atoms. The van der Waals surface area contributed by atoms with Crippen LogP contribution >= 0.6 is 0 Å². The third-order valence-corrected chi connectivity index (χ3v) is 6.01. The van der Waals surface area contributed by atoms with E-state index in [-0.39, 0.29) is 18.2 Å². The highest BCUT2D eigenvalue weighted by Gasteiger charge is 2.29. The summed E-state index contributed by atoms with van der Waals surface area (Å²) in [6.45, 7) is 1.88. The van der Waals surface area contributed by atoms with Crippen molar-refractivity contribution in [3.63, 3.8) is 0 Å². The highest BCUT2D eigenvalue weighted by molar-refractivity contribution is 5.90. The fourth-order valence-electron chi connectivity index (χ4n) is 4.24. The van der Waals surface area contributed by atoms with Crippen molar-refractivity contribution in [3.05, 3.63) is 72.3 Å². The lowest BCUT2D eigenvalue weighted by Gasteiger charge is -2.37. The number of aliphatic hydroxyl groups is 1. The third-order valence-electron chi connectivity index (χ3n) is 6.01. The van der Waals surface area contributed by atoms with E-state index in [0.29, 0.717) is 26.2 Å². The van der Waals surface area contributed by atoms with Gasteiger partial charge in [0.1, 0.15) is 11.8 Å². The maximum Gasteiger partial charge on any atom is 0.247 e. The summed E-state index contributed by atoms with van der Waals surface area (Å²) in [7, 11) is 1.64. The Morgan fingerprint density at radius 2 is 1.67 bits per heavy atom. The van der Waals surface area contributed by atoms with Crippen LogP contribution in [0.3, 0.4) is 0 Å². The van der Waals surface area contributed by atoms with Crippen molar-refractivity contribution >= 4 is 28.3 Å². The summed E-state index contributed by atoms with van der Waals surface area (Å²) in [6, 6.07) is 20.7. The molecule has 0 unspecified atom stereocenters. The molecule has 0 aliphatic carbocycles. The molecule has 0 radical (unpaired) electrons. The van der Waals surface area contributed by atoms with E-state index < -0.39 is 12.6 Å². The molecule has 2 N–H and O–H groups in total. The number of amides is 2. The zero-order chi connectivity index (χ0) is 23.2. The molecule has 1 aliphatic rings. The average Bonchev–Trinajstić information content (AvgIpc) is 2.87. The van der Waals surface area contributed by atoms with Gasteiger partial charge in [0.25, 0.3) is 0 Å². The van der Waals surface area contributed by atoms with Crippen molar-refractivity contribution in [3.8, 4) is 5.75 Å². The Morgan fingerprint density at radius 1 is 0.970 bits per heavy atom. The smallest absolute Gasteiger partial charge is 0.247 e. The van der Waals surface area contributed by atoms with Crippen LogP contribution in [0.25, 0.3) is 10.8 Å². The molecule has 0 spiro atoms. The number of benzene rings is 3. The summed E-state index contributed by atoms with van der Waals surface area (Å²) in [5.74, 6) is 0.251. The SMILES string of the molecule is COc1ccccc1N1CCN(C(=O)[C@H](CO)NC(=O)Cc2ccc3ccccc3c2)CC1. The van der Waals surface area contributed by atoms with E-state index in [0.717, 1.165) is 27.8 Å². The molecule has 7 heteroatoms. The molecule has 7 nitrogen and oxygen atoms in total. The van der Waals surface area contributed by atoms with Gasteiger partial charge in [-0.1, -0.05) is 54.6 Å². The zero-order valence-electron chi connectivity index (χ0n) is 18.7. The van der Waals surface area contributed by atoms with Gasteiger partial charge in [-0.3, -0.25) is 9.59 Å². The van der Waals surface area contributed by atoms with E-state index in [4.69, 9.17) is 4.74 Å². The van der Waals surface area contributed by atoms with Crippen molar-refractivity contribution in [1.82, 2.24) is 10.2 Å². The second kappa shape index (κ2) is 10.4. The van der Waals surface area contributed by atoms with Gasteiger partial charge in [0.05, 0.1) is 25.8 Å². The molecule has 1 fully saturated rings. The number of aliphatic hydroxyl groups excluding tert-OH is 1. The number of rotatable bonds is 7. The molecule has 3 aromatic carbocycles. The number of anilines is 1. The number of fused-ring (bicyclic) bond motifs is 1. The van der Waals surface area contributed by atoms with Crippen LogP contribution in [0.5, 0.6) is 5.75 Å². The summed E-state index contributed by atoms with van der Waals surface area (Å²) < 4.78 is 5.44. The molecule has 172 valence electrons. The number of nitrogens with zero attached hydrogens (tertiary/aromatic N) is 2. The molecule has 0 aromatic heterocycles. The quantitative estimate of drug-likeness (QED) is 0.581. The fourth-order valence-corrected chi connectivity index (χ4v) is 4.24. The summed E-state index contributed by atoms with van der Waals surface area (Å²) in [4.78, 5) is 29.4. The van der Waals surface area contributed by atoms with Crippen molar-refractivity contribution in [2.24, 2.45) is 0 Å². The Balaban J connectivity index is 1.33. The first-order chi connectivity index (χ1) is 16.1. The first-order valence-electron chi connectivity index (χ1n) is 11.1. The van der Waals surface area contributed by atoms with Crippen LogP contribution in [0.1, 0.15) is 5.56 Å². The maximum absolute atomic E-state index is 13.0. The number of nitrogens with one attached hydrogen (secondary N) is 1. The predicted molar refractivity (Wildman–Crippen MR) is 128 cm³/mol. The predicted octanol–water partition coefficient (Wildman–Crippen LogP) is 2.22. The van der Waals surface area contributed by atoms with Crippen LogP contribution < -0.4 is 15.0 Å². The van der Waals surface area contributed by atoms with Crippen LogP contribution in [-0.2, 0) is 16.0 Å². The lowest BCUT2D eigenvalue weighted by Crippen LogP contribution is -2.56. The first kappa shape index (κ1) is 22.6. The molecule has 4 rings (SSSR count). The van der Waals surface area contributed by atoms with Gasteiger partial charge >= 0.3 is 0 Å². The molecule has 0 saturated carbocycles. The number of hydrogen-bond donors (Lipinski definition) is 2. The topological polar surface area (TPSA) is 82.1 Å². The van der Waals surface area contributed by atoms with Crippen LogP contribution in [0, 0.1) is 0 Å². The largest absolute Gasteiger partial charge is 0.495 e. The molecule has 2 amide bonds. The monoisotopic (exact) mass is 447 g/mol. The van der Waals surface area contributed by atoms with Crippen molar-refractivity contribution in [2.45, 2.75) is 12.5 Å². The summed E-state index contributed by atoms with van der Waals surface area (Å²) >= 11 is 0. The van der Waals surface area contributed by atoms with E-state index in [1.165, 1.54) is 0 Å².